The Labute approximate surface area is 214 Å². The summed E-state index contributed by atoms with van der Waals surface area (Å²) in [4.78, 5) is 10.2. The van der Waals surface area contributed by atoms with Gasteiger partial charge in [-0.2, -0.15) is 0 Å². The molecule has 0 spiro atoms. The third kappa shape index (κ3) is 9.53. The van der Waals surface area contributed by atoms with Crippen molar-refractivity contribution in [2.45, 2.75) is 77.5 Å². The molecular weight excluding hydrogens is 523 g/mol. The third-order valence-corrected chi connectivity index (χ3v) is 7.15. The minimum absolute atomic E-state index is 0.132. The van der Waals surface area contributed by atoms with E-state index < -0.39 is 26.1 Å². The summed E-state index contributed by atoms with van der Waals surface area (Å²) < 4.78 is 81.5. The molecule has 0 aliphatic heterocycles. The van der Waals surface area contributed by atoms with Gasteiger partial charge in [0.25, 0.3) is 0 Å². The van der Waals surface area contributed by atoms with Gasteiger partial charge in [0.05, 0.1) is 24.0 Å². The average Bonchev–Trinajstić information content (AvgIpc) is 2.74. The second-order valence-electron chi connectivity index (χ2n) is 10.1. The van der Waals surface area contributed by atoms with E-state index in [4.69, 9.17) is 26.1 Å². The van der Waals surface area contributed by atoms with Crippen LogP contribution < -0.4 is 4.74 Å². The second-order valence-corrected chi connectivity index (χ2v) is 12.9. The largest absolute Gasteiger partial charge is 0.493 e. The van der Waals surface area contributed by atoms with Gasteiger partial charge in [-0.05, 0) is 69.8 Å². The molecule has 11 heteroatoms. The molecule has 1 aromatic heterocycles. The minimum atomic E-state index is -9.84. The fourth-order valence-electron chi connectivity index (χ4n) is 3.50. The Kier molecular flexibility index (Phi) is 9.15. The van der Waals surface area contributed by atoms with E-state index >= 15 is 0 Å². The molecule has 0 saturated carbocycles. The van der Waals surface area contributed by atoms with Gasteiger partial charge >= 0.3 is 16.2 Å². The summed E-state index contributed by atoms with van der Waals surface area (Å²) in [6, 6.07) is 2.83. The number of fused-ring (bicyclic) bond motifs is 1. The van der Waals surface area contributed by atoms with Crippen molar-refractivity contribution in [3.05, 3.63) is 29.0 Å². The predicted molar refractivity (Wildman–Crippen MR) is 136 cm³/mol. The highest BCUT2D eigenvalue weighted by Crippen LogP contribution is 3.02. The van der Waals surface area contributed by atoms with Crippen LogP contribution in [0.25, 0.3) is 11.0 Å². The van der Waals surface area contributed by atoms with Crippen LogP contribution in [0.1, 0.15) is 72.6 Å². The summed E-state index contributed by atoms with van der Waals surface area (Å²) in [5.41, 5.74) is -0.900. The summed E-state index contributed by atoms with van der Waals surface area (Å²) in [7, 11) is -9.84. The number of esters is 1. The molecule has 1 aromatic carbocycles. The van der Waals surface area contributed by atoms with Crippen molar-refractivity contribution < 1.29 is 38.1 Å². The molecule has 0 radical (unpaired) electrons. The van der Waals surface area contributed by atoms with E-state index in [9.17, 15) is 24.2 Å². The van der Waals surface area contributed by atoms with E-state index in [-0.39, 0.29) is 34.5 Å². The Morgan fingerprint density at radius 3 is 2.22 bits per heavy atom. The lowest BCUT2D eigenvalue weighted by Crippen LogP contribution is -2.27. The van der Waals surface area contributed by atoms with Gasteiger partial charge in [0.15, 0.2) is 4.71 Å². The summed E-state index contributed by atoms with van der Waals surface area (Å²) in [5.74, 6) is 0.542. The number of carbonyl (C=O) groups is 1. The van der Waals surface area contributed by atoms with Crippen LogP contribution in [0.15, 0.2) is 33.6 Å². The highest BCUT2D eigenvalue weighted by Gasteiger charge is 2.65. The van der Waals surface area contributed by atoms with Gasteiger partial charge in [0.2, 0.25) is 0 Å². The minimum Gasteiger partial charge on any atom is -0.493 e. The zero-order chi connectivity index (χ0) is 27.3. The average molecular weight is 559 g/mol. The van der Waals surface area contributed by atoms with Gasteiger partial charge in [-0.1, -0.05) is 52.5 Å². The number of carbonyl (C=O) groups excluding carboxylic acids is 1. The van der Waals surface area contributed by atoms with E-state index in [1.54, 1.807) is 0 Å². The van der Waals surface area contributed by atoms with Crippen LogP contribution in [0.4, 0.5) is 19.4 Å². The molecule has 36 heavy (non-hydrogen) atoms. The number of unbranched alkanes of at least 4 members (excludes halogenated alkanes) is 4. The van der Waals surface area contributed by atoms with E-state index in [0.717, 1.165) is 44.6 Å². The first-order valence-electron chi connectivity index (χ1n) is 12.0. The Morgan fingerprint density at radius 1 is 1.00 bits per heavy atom. The van der Waals surface area contributed by atoms with Crippen molar-refractivity contribution >= 4 is 39.4 Å². The number of halogens is 5. The lowest BCUT2D eigenvalue weighted by Gasteiger charge is -2.40. The van der Waals surface area contributed by atoms with Gasteiger partial charge < -0.3 is 13.9 Å². The molecule has 0 saturated heterocycles. The fourth-order valence-corrected chi connectivity index (χ4v) is 4.35. The topological polar surface area (TPSA) is 48.7 Å². The van der Waals surface area contributed by atoms with Gasteiger partial charge in [-0.25, -0.2) is 0 Å². The maximum absolute atomic E-state index is 13.1. The van der Waals surface area contributed by atoms with Crippen molar-refractivity contribution in [2.75, 3.05) is 13.2 Å². The molecule has 206 valence electrons. The third-order valence-electron chi connectivity index (χ3n) is 5.80. The molecule has 0 aliphatic rings. The summed E-state index contributed by atoms with van der Waals surface area (Å²) >= 11 is 4.91. The van der Waals surface area contributed by atoms with E-state index in [2.05, 4.69) is 13.8 Å². The number of rotatable bonds is 14. The molecule has 1 heterocycles. The van der Waals surface area contributed by atoms with Crippen LogP contribution in [0, 0.1) is 16.0 Å². The van der Waals surface area contributed by atoms with Crippen LogP contribution in [-0.4, -0.2) is 19.2 Å². The fraction of sp³-hybridized carbons (Fsp3) is 0.600. The predicted octanol–water partition coefficient (Wildman–Crippen LogP) is 10.2. The van der Waals surface area contributed by atoms with Crippen LogP contribution in [-0.2, 0) is 9.53 Å². The smallest absolute Gasteiger partial charge is 0.311 e. The SMILES string of the molecule is CC(C)CCC(C)(C)C(=O)OCCCCCCCOc1cc(=S)oc2cc(S(F)(F)(F)(F)F)ccc12. The molecule has 0 atom stereocenters. The van der Waals surface area contributed by atoms with Gasteiger partial charge in [-0.15, -0.1) is 0 Å². The molecule has 0 fully saturated rings. The monoisotopic (exact) mass is 558 g/mol. The van der Waals surface area contributed by atoms with Crippen molar-refractivity contribution in [1.29, 1.82) is 0 Å². The van der Waals surface area contributed by atoms with Crippen LogP contribution >= 0.6 is 22.4 Å². The Bertz CT molecular complexity index is 1110. The van der Waals surface area contributed by atoms with E-state index in [1.165, 1.54) is 6.07 Å². The molecule has 0 amide bonds. The first kappa shape index (κ1) is 30.3. The lowest BCUT2D eigenvalue weighted by atomic mass is 9.85. The summed E-state index contributed by atoms with van der Waals surface area (Å²) in [5, 5.41) is 0.132. The normalized spacial score (nSPS) is 14.5. The highest BCUT2D eigenvalue weighted by molar-refractivity contribution is 8.45. The van der Waals surface area contributed by atoms with E-state index in [1.807, 2.05) is 13.8 Å². The Balaban J connectivity index is 1.76. The second kappa shape index (κ2) is 10.8. The molecule has 0 unspecified atom stereocenters. The van der Waals surface area contributed by atoms with Gasteiger partial charge in [-0.3, -0.25) is 4.79 Å². The molecule has 0 N–H and O–H groups in total. The first-order chi connectivity index (χ1) is 16.4. The maximum atomic E-state index is 13.1. The number of hydrogen-bond acceptors (Lipinski definition) is 5. The van der Waals surface area contributed by atoms with Crippen LogP contribution in [0.2, 0.25) is 0 Å². The molecule has 0 aliphatic carbocycles. The number of hydrogen-bond donors (Lipinski definition) is 0. The maximum Gasteiger partial charge on any atom is 0.311 e. The van der Waals surface area contributed by atoms with Crippen molar-refractivity contribution in [3.63, 3.8) is 0 Å². The quantitative estimate of drug-likeness (QED) is 0.0999. The molecule has 2 rings (SSSR count). The summed E-state index contributed by atoms with van der Waals surface area (Å²) in [6.45, 7) is 8.71. The molecule has 2 aromatic rings. The lowest BCUT2D eigenvalue weighted by molar-refractivity contribution is -0.154. The van der Waals surface area contributed by atoms with Gasteiger partial charge in [0, 0.05) is 12.1 Å². The standard InChI is InChI=1S/C25H35F5O4S2/c1-18(2)12-13-25(3,4)24(31)33-15-9-7-5-6-8-14-32-21-17-23(35)34-22-16-19(10-11-20(21)22)36(26,27,28,29)30/h10-11,16-18H,5-9,12-15H2,1-4H3. The zero-order valence-corrected chi connectivity index (χ0v) is 22.7. The molecule has 0 bridgehead atoms. The Hall–Kier alpha value is -1.88. The number of benzene rings is 1. The zero-order valence-electron chi connectivity index (χ0n) is 21.1. The molecule has 4 nitrogen and oxygen atoms in total. The van der Waals surface area contributed by atoms with Crippen molar-refractivity contribution in [2.24, 2.45) is 11.3 Å². The van der Waals surface area contributed by atoms with E-state index in [0.29, 0.717) is 25.0 Å². The highest BCUT2D eigenvalue weighted by atomic mass is 32.5. The Morgan fingerprint density at radius 2 is 1.61 bits per heavy atom. The van der Waals surface area contributed by atoms with Gasteiger partial charge in [0.1, 0.15) is 16.2 Å². The summed E-state index contributed by atoms with van der Waals surface area (Å²) in [6.07, 6.45) is 5.79. The number of ether oxygens (including phenoxy) is 2. The van der Waals surface area contributed by atoms with Crippen molar-refractivity contribution in [3.8, 4) is 5.75 Å². The van der Waals surface area contributed by atoms with Crippen LogP contribution in [0.5, 0.6) is 5.75 Å². The van der Waals surface area contributed by atoms with Crippen molar-refractivity contribution in [1.82, 2.24) is 0 Å². The van der Waals surface area contributed by atoms with Crippen LogP contribution in [0.3, 0.4) is 0 Å². The molecular formula is C25H35F5O4S2. The first-order valence-corrected chi connectivity index (χ1v) is 14.4.